The van der Waals surface area contributed by atoms with Crippen LogP contribution in [0, 0.1) is 5.92 Å². The van der Waals surface area contributed by atoms with Crippen LogP contribution in [-0.4, -0.2) is 41.5 Å². The lowest BCUT2D eigenvalue weighted by Gasteiger charge is -2.30. The number of rotatable bonds is 2. The molecule has 2 aromatic rings. The molecule has 2 aliphatic rings. The van der Waals surface area contributed by atoms with E-state index in [4.69, 9.17) is 16.0 Å². The minimum absolute atomic E-state index is 0.178. The zero-order valence-electron chi connectivity index (χ0n) is 11.5. The second-order valence-corrected chi connectivity index (χ2v) is 6.31. The standard InChI is InChI=1S/C15H16ClN3O2/c16-14-11-2-4-21-13(11)6-12(18-14)15(20)17-10-5-9-1-3-19(7-9)8-10/h2,4,6,9-10H,1,3,5,7-8H2,(H,17,20)/t9-,10-/m1/s1. The van der Waals surface area contributed by atoms with E-state index in [1.54, 1.807) is 18.4 Å². The van der Waals surface area contributed by atoms with Gasteiger partial charge in [-0.25, -0.2) is 4.98 Å². The molecule has 0 saturated carbocycles. The summed E-state index contributed by atoms with van der Waals surface area (Å²) in [6, 6.07) is 3.60. The molecule has 4 rings (SSSR count). The first-order valence-corrected chi connectivity index (χ1v) is 7.64. The van der Waals surface area contributed by atoms with Crippen molar-refractivity contribution in [2.75, 3.05) is 19.6 Å². The number of halogens is 1. The van der Waals surface area contributed by atoms with Crippen LogP contribution in [0.1, 0.15) is 23.3 Å². The van der Waals surface area contributed by atoms with Gasteiger partial charge in [-0.2, -0.15) is 0 Å². The van der Waals surface area contributed by atoms with E-state index in [1.807, 2.05) is 0 Å². The smallest absolute Gasteiger partial charge is 0.270 e. The molecule has 5 nitrogen and oxygen atoms in total. The number of fused-ring (bicyclic) bond motifs is 3. The molecule has 2 aromatic heterocycles. The summed E-state index contributed by atoms with van der Waals surface area (Å²) in [5, 5.41) is 4.11. The Kier molecular flexibility index (Phi) is 3.12. The SMILES string of the molecule is O=C(N[C@@H]1C[C@H]2CCN(C2)C1)c1cc2occc2c(Cl)n1. The van der Waals surface area contributed by atoms with Crippen LogP contribution in [0.5, 0.6) is 0 Å². The topological polar surface area (TPSA) is 58.4 Å². The fourth-order valence-corrected chi connectivity index (χ4v) is 3.71. The zero-order chi connectivity index (χ0) is 14.4. The van der Waals surface area contributed by atoms with E-state index in [-0.39, 0.29) is 11.9 Å². The predicted octanol–water partition coefficient (Wildman–Crippen LogP) is 2.31. The van der Waals surface area contributed by atoms with E-state index in [9.17, 15) is 4.79 Å². The molecule has 2 aliphatic heterocycles. The summed E-state index contributed by atoms with van der Waals surface area (Å²) < 4.78 is 5.31. The van der Waals surface area contributed by atoms with Crippen molar-refractivity contribution in [1.29, 1.82) is 0 Å². The quantitative estimate of drug-likeness (QED) is 0.865. The Labute approximate surface area is 127 Å². The van der Waals surface area contributed by atoms with E-state index < -0.39 is 0 Å². The van der Waals surface area contributed by atoms with Gasteiger partial charge in [0.15, 0.2) is 0 Å². The van der Waals surface area contributed by atoms with Crippen LogP contribution >= 0.6 is 11.6 Å². The maximum atomic E-state index is 12.4. The average molecular weight is 306 g/mol. The van der Waals surface area contributed by atoms with Crippen LogP contribution in [-0.2, 0) is 0 Å². The number of hydrogen-bond acceptors (Lipinski definition) is 4. The molecule has 1 N–H and O–H groups in total. The predicted molar refractivity (Wildman–Crippen MR) is 79.4 cm³/mol. The number of nitrogens with one attached hydrogen (secondary N) is 1. The molecule has 0 aliphatic carbocycles. The van der Waals surface area contributed by atoms with Crippen LogP contribution in [0.4, 0.5) is 0 Å². The molecular formula is C15H16ClN3O2. The van der Waals surface area contributed by atoms with Gasteiger partial charge in [-0.1, -0.05) is 11.6 Å². The van der Waals surface area contributed by atoms with Crippen LogP contribution in [0.25, 0.3) is 11.0 Å². The summed E-state index contributed by atoms with van der Waals surface area (Å²) >= 11 is 6.09. The third-order valence-corrected chi connectivity index (χ3v) is 4.73. The second kappa shape index (κ2) is 5.00. The van der Waals surface area contributed by atoms with Gasteiger partial charge in [-0.15, -0.1) is 0 Å². The fraction of sp³-hybridized carbons (Fsp3) is 0.467. The van der Waals surface area contributed by atoms with Gasteiger partial charge in [0, 0.05) is 25.2 Å². The molecule has 1 amide bonds. The first-order valence-electron chi connectivity index (χ1n) is 7.26. The Hall–Kier alpha value is -1.59. The molecule has 0 radical (unpaired) electrons. The molecule has 0 aromatic carbocycles. The van der Waals surface area contributed by atoms with Gasteiger partial charge in [0.2, 0.25) is 0 Å². The second-order valence-electron chi connectivity index (χ2n) is 5.95. The minimum Gasteiger partial charge on any atom is -0.464 e. The van der Waals surface area contributed by atoms with Crippen LogP contribution in [0.3, 0.4) is 0 Å². The Morgan fingerprint density at radius 3 is 3.24 bits per heavy atom. The summed E-state index contributed by atoms with van der Waals surface area (Å²) in [5.41, 5.74) is 0.906. The first kappa shape index (κ1) is 13.1. The van der Waals surface area contributed by atoms with Crippen molar-refractivity contribution in [2.45, 2.75) is 18.9 Å². The summed E-state index contributed by atoms with van der Waals surface area (Å²) in [5.74, 6) is 0.538. The molecule has 3 atom stereocenters. The molecular weight excluding hydrogens is 290 g/mol. The van der Waals surface area contributed by atoms with Gasteiger partial charge < -0.3 is 14.6 Å². The number of aromatic nitrogens is 1. The number of carbonyl (C=O) groups is 1. The third-order valence-electron chi connectivity index (χ3n) is 4.44. The first-order chi connectivity index (χ1) is 10.2. The zero-order valence-corrected chi connectivity index (χ0v) is 12.3. The van der Waals surface area contributed by atoms with Crippen molar-refractivity contribution < 1.29 is 9.21 Å². The normalized spacial score (nSPS) is 28.0. The van der Waals surface area contributed by atoms with Gasteiger partial charge in [0.05, 0.1) is 11.6 Å². The number of nitrogens with zero attached hydrogens (tertiary/aromatic N) is 2. The fourth-order valence-electron chi connectivity index (χ4n) is 3.47. The van der Waals surface area contributed by atoms with Gasteiger partial charge in [0.1, 0.15) is 16.4 Å². The molecule has 2 fully saturated rings. The van der Waals surface area contributed by atoms with Gasteiger partial charge in [-0.3, -0.25) is 4.79 Å². The lowest BCUT2D eigenvalue weighted by Crippen LogP contribution is -2.47. The van der Waals surface area contributed by atoms with Gasteiger partial charge in [0.25, 0.3) is 5.91 Å². The number of carbonyl (C=O) groups excluding carboxylic acids is 1. The van der Waals surface area contributed by atoms with Crippen molar-refractivity contribution in [3.8, 4) is 0 Å². The van der Waals surface area contributed by atoms with Crippen LogP contribution in [0.15, 0.2) is 22.8 Å². The van der Waals surface area contributed by atoms with E-state index in [0.29, 0.717) is 22.3 Å². The summed E-state index contributed by atoms with van der Waals surface area (Å²) in [6.45, 7) is 3.26. The Bertz CT molecular complexity index is 687. The number of amides is 1. The van der Waals surface area contributed by atoms with Crippen molar-refractivity contribution in [2.24, 2.45) is 5.92 Å². The number of furan rings is 1. The largest absolute Gasteiger partial charge is 0.464 e. The molecule has 2 saturated heterocycles. The number of pyridine rings is 1. The number of piperidine rings is 1. The minimum atomic E-state index is -0.178. The van der Waals surface area contributed by atoms with Crippen molar-refractivity contribution >= 4 is 28.5 Å². The highest BCUT2D eigenvalue weighted by molar-refractivity contribution is 6.34. The molecule has 21 heavy (non-hydrogen) atoms. The maximum absolute atomic E-state index is 12.4. The Morgan fingerprint density at radius 1 is 1.48 bits per heavy atom. The lowest BCUT2D eigenvalue weighted by molar-refractivity contribution is 0.0904. The highest BCUT2D eigenvalue weighted by Gasteiger charge is 2.33. The molecule has 0 spiro atoms. The molecule has 2 bridgehead atoms. The van der Waals surface area contributed by atoms with E-state index >= 15 is 0 Å². The third kappa shape index (κ3) is 2.40. The monoisotopic (exact) mass is 305 g/mol. The van der Waals surface area contributed by atoms with Crippen molar-refractivity contribution in [3.05, 3.63) is 29.2 Å². The molecule has 6 heteroatoms. The summed E-state index contributed by atoms with van der Waals surface area (Å²) in [7, 11) is 0. The van der Waals surface area contributed by atoms with E-state index in [0.717, 1.165) is 24.9 Å². The van der Waals surface area contributed by atoms with Crippen molar-refractivity contribution in [3.63, 3.8) is 0 Å². The summed E-state index contributed by atoms with van der Waals surface area (Å²) in [6.07, 6.45) is 3.85. The summed E-state index contributed by atoms with van der Waals surface area (Å²) in [4.78, 5) is 19.0. The Morgan fingerprint density at radius 2 is 2.38 bits per heavy atom. The lowest BCUT2D eigenvalue weighted by atomic mass is 9.97. The highest BCUT2D eigenvalue weighted by Crippen LogP contribution is 2.27. The Balaban J connectivity index is 1.53. The molecule has 4 heterocycles. The average Bonchev–Trinajstić information content (AvgIpc) is 3.05. The van der Waals surface area contributed by atoms with E-state index in [1.165, 1.54) is 13.0 Å². The van der Waals surface area contributed by atoms with Crippen molar-refractivity contribution in [1.82, 2.24) is 15.2 Å². The van der Waals surface area contributed by atoms with Crippen LogP contribution < -0.4 is 5.32 Å². The number of hydrogen-bond donors (Lipinski definition) is 1. The van der Waals surface area contributed by atoms with E-state index in [2.05, 4.69) is 15.2 Å². The van der Waals surface area contributed by atoms with Gasteiger partial charge in [-0.05, 0) is 31.4 Å². The van der Waals surface area contributed by atoms with Crippen LogP contribution in [0.2, 0.25) is 5.15 Å². The highest BCUT2D eigenvalue weighted by atomic mass is 35.5. The van der Waals surface area contributed by atoms with Gasteiger partial charge >= 0.3 is 0 Å². The molecule has 1 unspecified atom stereocenters. The molecule has 110 valence electrons. The maximum Gasteiger partial charge on any atom is 0.270 e.